The molecule has 1 atom stereocenters. The van der Waals surface area contributed by atoms with Gasteiger partial charge in [-0.3, -0.25) is 9.59 Å². The highest BCUT2D eigenvalue weighted by Crippen LogP contribution is 2.32. The number of primary amides is 1. The van der Waals surface area contributed by atoms with Crippen LogP contribution >= 0.6 is 0 Å². The van der Waals surface area contributed by atoms with Crippen LogP contribution in [0.1, 0.15) is 59.2 Å². The summed E-state index contributed by atoms with van der Waals surface area (Å²) in [7, 11) is 0. The Morgan fingerprint density at radius 1 is 0.821 bits per heavy atom. The van der Waals surface area contributed by atoms with E-state index >= 15 is 0 Å². The van der Waals surface area contributed by atoms with Gasteiger partial charge in [0.15, 0.2) is 5.60 Å². The second kappa shape index (κ2) is 13.1. The molecule has 0 saturated heterocycles. The maximum absolute atomic E-state index is 13.4. The first-order valence-corrected chi connectivity index (χ1v) is 13.3. The Morgan fingerprint density at radius 2 is 1.46 bits per heavy atom. The number of nitrogens with two attached hydrogens (primary N) is 2. The minimum atomic E-state index is -1.35. The molecule has 0 bridgehead atoms. The SMILES string of the molecule is NCc1ccc(C(=O)N[C@@H](Cc2ccc(OCc3ccccc3)cc2)C(=O)OC2(C(N)=O)CCCCC2)cc1. The molecule has 8 heteroatoms. The van der Waals surface area contributed by atoms with Crippen molar-refractivity contribution in [2.24, 2.45) is 11.5 Å². The van der Waals surface area contributed by atoms with Crippen LogP contribution in [0.3, 0.4) is 0 Å². The second-order valence-corrected chi connectivity index (χ2v) is 9.89. The average molecular weight is 530 g/mol. The molecule has 3 aromatic rings. The van der Waals surface area contributed by atoms with Gasteiger partial charge in [0.25, 0.3) is 11.8 Å². The lowest BCUT2D eigenvalue weighted by Crippen LogP contribution is -2.53. The molecule has 0 spiro atoms. The van der Waals surface area contributed by atoms with Crippen LogP contribution in [-0.4, -0.2) is 29.4 Å². The van der Waals surface area contributed by atoms with Crippen LogP contribution in [-0.2, 0) is 33.9 Å². The number of hydrogen-bond acceptors (Lipinski definition) is 6. The molecule has 0 heterocycles. The van der Waals surface area contributed by atoms with Crippen molar-refractivity contribution in [2.75, 3.05) is 0 Å². The Bertz CT molecular complexity index is 1250. The summed E-state index contributed by atoms with van der Waals surface area (Å²) in [6, 6.07) is 23.0. The maximum Gasteiger partial charge on any atom is 0.330 e. The van der Waals surface area contributed by atoms with E-state index in [-0.39, 0.29) is 6.42 Å². The van der Waals surface area contributed by atoms with Gasteiger partial charge < -0.3 is 26.3 Å². The third-order valence-corrected chi connectivity index (χ3v) is 7.06. The lowest BCUT2D eigenvalue weighted by molar-refractivity contribution is -0.172. The quantitative estimate of drug-likeness (QED) is 0.324. The molecule has 39 heavy (non-hydrogen) atoms. The third kappa shape index (κ3) is 7.45. The van der Waals surface area contributed by atoms with Crippen LogP contribution in [0.15, 0.2) is 78.9 Å². The summed E-state index contributed by atoms with van der Waals surface area (Å²) >= 11 is 0. The molecule has 2 amide bonds. The molecule has 0 radical (unpaired) electrons. The highest BCUT2D eigenvalue weighted by atomic mass is 16.6. The standard InChI is InChI=1S/C31H35N3O5/c32-20-23-9-13-25(14-10-23)28(35)34-27(29(36)39-31(30(33)37)17-5-2-6-18-31)19-22-11-15-26(16-12-22)38-21-24-7-3-1-4-8-24/h1,3-4,7-16,27H,2,5-6,17-21,32H2,(H2,33,37)(H,34,35)/t27-/m0/s1. The number of amides is 2. The predicted octanol–water partition coefficient (Wildman–Crippen LogP) is 3.80. The summed E-state index contributed by atoms with van der Waals surface area (Å²) in [6.07, 6.45) is 3.35. The summed E-state index contributed by atoms with van der Waals surface area (Å²) in [5.41, 5.74) is 13.1. The van der Waals surface area contributed by atoms with E-state index in [2.05, 4.69) is 5.32 Å². The van der Waals surface area contributed by atoms with Gasteiger partial charge in [-0.25, -0.2) is 4.79 Å². The molecule has 3 aromatic carbocycles. The van der Waals surface area contributed by atoms with E-state index in [1.807, 2.05) is 54.6 Å². The van der Waals surface area contributed by atoms with Gasteiger partial charge in [-0.15, -0.1) is 0 Å². The van der Waals surface area contributed by atoms with Crippen molar-refractivity contribution < 1.29 is 23.9 Å². The van der Waals surface area contributed by atoms with E-state index in [1.165, 1.54) is 0 Å². The number of carbonyl (C=O) groups excluding carboxylic acids is 3. The van der Waals surface area contributed by atoms with Crippen molar-refractivity contribution in [1.82, 2.24) is 5.32 Å². The summed E-state index contributed by atoms with van der Waals surface area (Å²) in [5.74, 6) is -1.09. The van der Waals surface area contributed by atoms with E-state index in [1.54, 1.807) is 24.3 Å². The number of esters is 1. The fourth-order valence-electron chi connectivity index (χ4n) is 4.71. The molecule has 1 fully saturated rings. The van der Waals surface area contributed by atoms with E-state index in [9.17, 15) is 14.4 Å². The Labute approximate surface area is 228 Å². The summed E-state index contributed by atoms with van der Waals surface area (Å²) in [5, 5.41) is 2.80. The molecule has 8 nitrogen and oxygen atoms in total. The number of carbonyl (C=O) groups is 3. The fourth-order valence-corrected chi connectivity index (χ4v) is 4.71. The molecule has 0 unspecified atom stereocenters. The first-order valence-electron chi connectivity index (χ1n) is 13.3. The normalized spacial score (nSPS) is 15.1. The number of hydrogen-bond donors (Lipinski definition) is 3. The van der Waals surface area contributed by atoms with Gasteiger partial charge in [-0.2, -0.15) is 0 Å². The lowest BCUT2D eigenvalue weighted by atomic mass is 9.84. The van der Waals surface area contributed by atoms with E-state index in [0.717, 1.165) is 36.0 Å². The first-order chi connectivity index (χ1) is 18.9. The summed E-state index contributed by atoms with van der Waals surface area (Å²) < 4.78 is 11.6. The minimum absolute atomic E-state index is 0.166. The van der Waals surface area contributed by atoms with Gasteiger partial charge in [-0.05, 0) is 66.6 Å². The number of benzene rings is 3. The van der Waals surface area contributed by atoms with Crippen LogP contribution in [0.4, 0.5) is 0 Å². The van der Waals surface area contributed by atoms with Gasteiger partial charge in [0.1, 0.15) is 18.4 Å². The summed E-state index contributed by atoms with van der Waals surface area (Å²) in [4.78, 5) is 38.8. The van der Waals surface area contributed by atoms with Crippen LogP contribution in [0, 0.1) is 0 Å². The summed E-state index contributed by atoms with van der Waals surface area (Å²) in [6.45, 7) is 0.792. The van der Waals surface area contributed by atoms with E-state index in [0.29, 0.717) is 37.3 Å². The number of ether oxygens (including phenoxy) is 2. The molecular weight excluding hydrogens is 494 g/mol. The monoisotopic (exact) mass is 529 g/mol. The number of nitrogens with one attached hydrogen (secondary N) is 1. The van der Waals surface area contributed by atoms with Crippen molar-refractivity contribution in [3.63, 3.8) is 0 Å². The predicted molar refractivity (Wildman–Crippen MR) is 148 cm³/mol. The molecule has 0 aromatic heterocycles. The van der Waals surface area contributed by atoms with E-state index < -0.39 is 29.4 Å². The van der Waals surface area contributed by atoms with Gasteiger partial charge in [-0.1, -0.05) is 61.0 Å². The van der Waals surface area contributed by atoms with Crippen LogP contribution < -0.4 is 21.5 Å². The number of rotatable bonds is 11. The van der Waals surface area contributed by atoms with Crippen LogP contribution in [0.5, 0.6) is 5.75 Å². The molecule has 0 aliphatic heterocycles. The molecule has 204 valence electrons. The Morgan fingerprint density at radius 3 is 2.08 bits per heavy atom. The lowest BCUT2D eigenvalue weighted by Gasteiger charge is -2.35. The molecule has 4 rings (SSSR count). The Balaban J connectivity index is 1.49. The maximum atomic E-state index is 13.4. The van der Waals surface area contributed by atoms with Crippen LogP contribution in [0.25, 0.3) is 0 Å². The fraction of sp³-hybridized carbons (Fsp3) is 0.323. The van der Waals surface area contributed by atoms with Crippen LogP contribution in [0.2, 0.25) is 0 Å². The van der Waals surface area contributed by atoms with E-state index in [4.69, 9.17) is 20.9 Å². The smallest absolute Gasteiger partial charge is 0.330 e. The molecular formula is C31H35N3O5. The highest BCUT2D eigenvalue weighted by Gasteiger charge is 2.43. The van der Waals surface area contributed by atoms with Gasteiger partial charge >= 0.3 is 5.97 Å². The van der Waals surface area contributed by atoms with Crippen molar-refractivity contribution in [3.8, 4) is 5.75 Å². The van der Waals surface area contributed by atoms with Crippen molar-refractivity contribution in [1.29, 1.82) is 0 Å². The third-order valence-electron chi connectivity index (χ3n) is 7.06. The zero-order valence-electron chi connectivity index (χ0n) is 21.9. The average Bonchev–Trinajstić information content (AvgIpc) is 2.97. The van der Waals surface area contributed by atoms with Gasteiger partial charge in [0.2, 0.25) is 0 Å². The zero-order chi connectivity index (χ0) is 27.7. The Hall–Kier alpha value is -4.17. The largest absolute Gasteiger partial charge is 0.489 e. The molecule has 1 aliphatic rings. The van der Waals surface area contributed by atoms with Crippen molar-refractivity contribution in [3.05, 3.63) is 101 Å². The highest BCUT2D eigenvalue weighted by molar-refractivity contribution is 5.97. The molecule has 1 saturated carbocycles. The van der Waals surface area contributed by atoms with Gasteiger partial charge in [0, 0.05) is 18.5 Å². The minimum Gasteiger partial charge on any atom is -0.489 e. The van der Waals surface area contributed by atoms with Crippen molar-refractivity contribution in [2.45, 2.75) is 63.3 Å². The molecule has 1 aliphatic carbocycles. The molecule has 5 N–H and O–H groups in total. The Kier molecular flexibility index (Phi) is 9.33. The topological polar surface area (TPSA) is 134 Å². The van der Waals surface area contributed by atoms with Crippen molar-refractivity contribution >= 4 is 17.8 Å². The first kappa shape index (κ1) is 27.9. The van der Waals surface area contributed by atoms with Gasteiger partial charge in [0.05, 0.1) is 0 Å². The zero-order valence-corrected chi connectivity index (χ0v) is 21.9. The second-order valence-electron chi connectivity index (χ2n) is 9.89.